The van der Waals surface area contributed by atoms with Gasteiger partial charge in [0.05, 0.1) is 25.3 Å². The highest BCUT2D eigenvalue weighted by molar-refractivity contribution is 5.78. The number of hydrogen-bond donors (Lipinski definition) is 2. The first kappa shape index (κ1) is 18.1. The molecule has 0 bridgehead atoms. The molecular formula is C17H32N4O3. The van der Waals surface area contributed by atoms with Crippen molar-refractivity contribution in [3.63, 3.8) is 0 Å². The molecule has 1 atom stereocenters. The zero-order chi connectivity index (χ0) is 17.0. The third kappa shape index (κ3) is 4.67. The summed E-state index contributed by atoms with van der Waals surface area (Å²) in [6, 6.07) is 0. The van der Waals surface area contributed by atoms with E-state index in [1.54, 1.807) is 0 Å². The molecule has 7 heteroatoms. The van der Waals surface area contributed by atoms with Crippen molar-refractivity contribution in [2.24, 2.45) is 0 Å². The standard InChI is InChI=1S/C17H32N4O3/c22-12-11-18-7-9-19(10-8-18)13-16(23)21-6-3-17(24,15-21)14-20-4-1-2-5-20/h22,24H,1-15H2/t17-/m0/s1. The lowest BCUT2D eigenvalue weighted by atomic mass is 10.0. The number of amides is 1. The van der Waals surface area contributed by atoms with E-state index in [4.69, 9.17) is 5.11 Å². The van der Waals surface area contributed by atoms with E-state index < -0.39 is 5.60 Å². The Morgan fingerprint density at radius 2 is 1.58 bits per heavy atom. The molecule has 0 aromatic rings. The van der Waals surface area contributed by atoms with Crippen LogP contribution >= 0.6 is 0 Å². The lowest BCUT2D eigenvalue weighted by Crippen LogP contribution is -2.51. The Hall–Kier alpha value is -0.730. The van der Waals surface area contributed by atoms with Crippen LogP contribution in [0.4, 0.5) is 0 Å². The summed E-state index contributed by atoms with van der Waals surface area (Å²) < 4.78 is 0. The first-order valence-corrected chi connectivity index (χ1v) is 9.36. The average molecular weight is 340 g/mol. The molecule has 3 rings (SSSR count). The van der Waals surface area contributed by atoms with Gasteiger partial charge in [0.25, 0.3) is 0 Å². The Labute approximate surface area is 144 Å². The summed E-state index contributed by atoms with van der Waals surface area (Å²) >= 11 is 0. The van der Waals surface area contributed by atoms with Gasteiger partial charge in [-0.15, -0.1) is 0 Å². The quantitative estimate of drug-likeness (QED) is 0.623. The maximum atomic E-state index is 12.6. The molecule has 2 N–H and O–H groups in total. The van der Waals surface area contributed by atoms with Crippen LogP contribution in [0.1, 0.15) is 19.3 Å². The van der Waals surface area contributed by atoms with E-state index >= 15 is 0 Å². The van der Waals surface area contributed by atoms with Gasteiger partial charge in [0.1, 0.15) is 0 Å². The second kappa shape index (κ2) is 8.10. The van der Waals surface area contributed by atoms with Gasteiger partial charge in [-0.25, -0.2) is 0 Å². The second-order valence-corrected chi connectivity index (χ2v) is 7.61. The summed E-state index contributed by atoms with van der Waals surface area (Å²) in [5, 5.41) is 19.8. The molecule has 7 nitrogen and oxygen atoms in total. The van der Waals surface area contributed by atoms with Gasteiger partial charge >= 0.3 is 0 Å². The van der Waals surface area contributed by atoms with Crippen LogP contribution in [0.15, 0.2) is 0 Å². The van der Waals surface area contributed by atoms with Crippen molar-refractivity contribution >= 4 is 5.91 Å². The number of piperazine rings is 1. The average Bonchev–Trinajstić information content (AvgIpc) is 3.20. The fourth-order valence-electron chi connectivity index (χ4n) is 4.16. The summed E-state index contributed by atoms with van der Waals surface area (Å²) in [5.74, 6) is 0.142. The number of hydrogen-bond acceptors (Lipinski definition) is 6. The van der Waals surface area contributed by atoms with Gasteiger partial charge in [0.15, 0.2) is 0 Å². The summed E-state index contributed by atoms with van der Waals surface area (Å²) in [6.07, 6.45) is 3.14. The molecule has 3 aliphatic rings. The predicted molar refractivity (Wildman–Crippen MR) is 91.8 cm³/mol. The molecule has 3 aliphatic heterocycles. The predicted octanol–water partition coefficient (Wildman–Crippen LogP) is -1.34. The highest BCUT2D eigenvalue weighted by atomic mass is 16.3. The summed E-state index contributed by atoms with van der Waals surface area (Å²) in [5.41, 5.74) is -0.722. The van der Waals surface area contributed by atoms with Gasteiger partial charge < -0.3 is 20.0 Å². The van der Waals surface area contributed by atoms with Crippen molar-refractivity contribution in [1.82, 2.24) is 19.6 Å². The van der Waals surface area contributed by atoms with Crippen molar-refractivity contribution in [3.05, 3.63) is 0 Å². The molecule has 1 amide bonds. The number of β-amino-alcohol motifs (C(OH)–C–C–N with tert-alkyl or cyclic N) is 2. The Balaban J connectivity index is 1.41. The lowest BCUT2D eigenvalue weighted by molar-refractivity contribution is -0.133. The van der Waals surface area contributed by atoms with Gasteiger partial charge in [0.2, 0.25) is 5.91 Å². The topological polar surface area (TPSA) is 70.5 Å². The van der Waals surface area contributed by atoms with Crippen LogP contribution in [0.2, 0.25) is 0 Å². The van der Waals surface area contributed by atoms with E-state index in [0.29, 0.717) is 32.6 Å². The SMILES string of the molecule is O=C(CN1CCN(CCO)CC1)N1CC[C@](O)(CN2CCCC2)C1. The third-order valence-corrected chi connectivity index (χ3v) is 5.64. The Bertz CT molecular complexity index is 422. The van der Waals surface area contributed by atoms with Gasteiger partial charge in [-0.05, 0) is 32.4 Å². The maximum absolute atomic E-state index is 12.6. The minimum absolute atomic E-state index is 0.142. The highest BCUT2D eigenvalue weighted by Gasteiger charge is 2.40. The van der Waals surface area contributed by atoms with E-state index in [2.05, 4.69) is 14.7 Å². The zero-order valence-corrected chi connectivity index (χ0v) is 14.7. The molecule has 0 spiro atoms. The van der Waals surface area contributed by atoms with Crippen molar-refractivity contribution < 1.29 is 15.0 Å². The van der Waals surface area contributed by atoms with Gasteiger partial charge in [0, 0.05) is 45.8 Å². The molecular weight excluding hydrogens is 308 g/mol. The number of aliphatic hydroxyl groups is 2. The van der Waals surface area contributed by atoms with Crippen molar-refractivity contribution in [1.29, 1.82) is 0 Å². The summed E-state index contributed by atoms with van der Waals surface area (Å²) in [4.78, 5) is 21.1. The molecule has 138 valence electrons. The van der Waals surface area contributed by atoms with E-state index in [0.717, 1.165) is 45.8 Å². The van der Waals surface area contributed by atoms with E-state index in [-0.39, 0.29) is 12.5 Å². The largest absolute Gasteiger partial charge is 0.395 e. The van der Waals surface area contributed by atoms with Crippen LogP contribution in [0.3, 0.4) is 0 Å². The monoisotopic (exact) mass is 340 g/mol. The highest BCUT2D eigenvalue weighted by Crippen LogP contribution is 2.24. The van der Waals surface area contributed by atoms with E-state index in [1.165, 1.54) is 12.8 Å². The van der Waals surface area contributed by atoms with E-state index in [9.17, 15) is 9.90 Å². The molecule has 0 radical (unpaired) electrons. The van der Waals surface area contributed by atoms with Crippen molar-refractivity contribution in [2.45, 2.75) is 24.9 Å². The number of rotatable bonds is 6. The third-order valence-electron chi connectivity index (χ3n) is 5.64. The number of nitrogens with zero attached hydrogens (tertiary/aromatic N) is 4. The fourth-order valence-corrected chi connectivity index (χ4v) is 4.16. The molecule has 3 fully saturated rings. The van der Waals surface area contributed by atoms with Crippen LogP contribution in [0.25, 0.3) is 0 Å². The molecule has 0 aliphatic carbocycles. The smallest absolute Gasteiger partial charge is 0.236 e. The molecule has 0 saturated carbocycles. The number of carbonyl (C=O) groups excluding carboxylic acids is 1. The second-order valence-electron chi connectivity index (χ2n) is 7.61. The lowest BCUT2D eigenvalue weighted by Gasteiger charge is -2.34. The van der Waals surface area contributed by atoms with Crippen LogP contribution in [0, 0.1) is 0 Å². The van der Waals surface area contributed by atoms with Crippen LogP contribution in [0.5, 0.6) is 0 Å². The van der Waals surface area contributed by atoms with Crippen molar-refractivity contribution in [2.75, 3.05) is 78.6 Å². The van der Waals surface area contributed by atoms with Gasteiger partial charge in [-0.2, -0.15) is 0 Å². The minimum Gasteiger partial charge on any atom is -0.395 e. The minimum atomic E-state index is -0.722. The number of likely N-dealkylation sites (tertiary alicyclic amines) is 2. The summed E-state index contributed by atoms with van der Waals surface area (Å²) in [6.45, 7) is 8.95. The number of aliphatic hydroxyl groups excluding tert-OH is 1. The van der Waals surface area contributed by atoms with Gasteiger partial charge in [-0.1, -0.05) is 0 Å². The summed E-state index contributed by atoms with van der Waals surface area (Å²) in [7, 11) is 0. The maximum Gasteiger partial charge on any atom is 0.236 e. The number of carbonyl (C=O) groups is 1. The van der Waals surface area contributed by atoms with Crippen LogP contribution in [-0.4, -0.2) is 120 Å². The zero-order valence-electron chi connectivity index (χ0n) is 14.7. The van der Waals surface area contributed by atoms with Crippen molar-refractivity contribution in [3.8, 4) is 0 Å². The Morgan fingerprint density at radius 3 is 2.25 bits per heavy atom. The first-order valence-electron chi connectivity index (χ1n) is 9.36. The Morgan fingerprint density at radius 1 is 0.917 bits per heavy atom. The Kier molecular flexibility index (Phi) is 6.10. The normalized spacial score (nSPS) is 30.3. The van der Waals surface area contributed by atoms with Crippen LogP contribution in [-0.2, 0) is 4.79 Å². The fraction of sp³-hybridized carbons (Fsp3) is 0.941. The molecule has 3 saturated heterocycles. The van der Waals surface area contributed by atoms with E-state index in [1.807, 2.05) is 4.90 Å². The van der Waals surface area contributed by atoms with Crippen LogP contribution < -0.4 is 0 Å². The molecule has 3 heterocycles. The molecule has 24 heavy (non-hydrogen) atoms. The first-order chi connectivity index (χ1) is 11.6. The van der Waals surface area contributed by atoms with Gasteiger partial charge in [-0.3, -0.25) is 14.6 Å². The molecule has 0 unspecified atom stereocenters. The molecule has 0 aromatic heterocycles. The molecule has 0 aromatic carbocycles.